The lowest BCUT2D eigenvalue weighted by molar-refractivity contribution is -0.125. The Bertz CT molecular complexity index is 1050. The normalized spacial score (nSPS) is 22.9. The van der Waals surface area contributed by atoms with Crippen molar-refractivity contribution in [2.45, 2.75) is 25.7 Å². The second-order valence-corrected chi connectivity index (χ2v) is 7.84. The summed E-state index contributed by atoms with van der Waals surface area (Å²) in [5.74, 6) is -0.410. The number of nitrogens with one attached hydrogen (secondary N) is 1. The summed E-state index contributed by atoms with van der Waals surface area (Å²) in [6.45, 7) is 0.317. The number of hydrogen-bond donors (Lipinski definition) is 1. The Hall–Kier alpha value is -3.71. The van der Waals surface area contributed by atoms with Crippen LogP contribution in [-0.4, -0.2) is 23.3 Å². The van der Waals surface area contributed by atoms with Gasteiger partial charge in [-0.05, 0) is 30.4 Å². The van der Waals surface area contributed by atoms with E-state index in [4.69, 9.17) is 0 Å². The van der Waals surface area contributed by atoms with Crippen molar-refractivity contribution in [1.29, 1.82) is 10.5 Å². The number of nitrogens with zero attached hydrogens (tertiary/aromatic N) is 4. The average Bonchev–Trinajstić information content (AvgIpc) is 3.55. The van der Waals surface area contributed by atoms with Crippen LogP contribution in [0, 0.1) is 39.9 Å². The van der Waals surface area contributed by atoms with Gasteiger partial charge in [0.15, 0.2) is 0 Å². The molecular formula is C23H21N5O2. The number of benzene rings is 1. The second kappa shape index (κ2) is 7.96. The zero-order valence-electron chi connectivity index (χ0n) is 16.4. The van der Waals surface area contributed by atoms with E-state index in [0.29, 0.717) is 18.1 Å². The third-order valence-corrected chi connectivity index (χ3v) is 5.92. The van der Waals surface area contributed by atoms with Crippen molar-refractivity contribution in [3.05, 3.63) is 54.2 Å². The van der Waals surface area contributed by atoms with Crippen LogP contribution < -0.4 is 10.2 Å². The predicted molar refractivity (Wildman–Crippen MR) is 110 cm³/mol. The minimum absolute atomic E-state index is 0.0187. The zero-order chi connectivity index (χ0) is 21.1. The lowest BCUT2D eigenvalue weighted by Gasteiger charge is -2.23. The first-order valence-corrected chi connectivity index (χ1v) is 9.98. The summed E-state index contributed by atoms with van der Waals surface area (Å²) in [6.07, 6.45) is 3.60. The third-order valence-electron chi connectivity index (χ3n) is 5.92. The van der Waals surface area contributed by atoms with E-state index < -0.39 is 5.41 Å². The van der Waals surface area contributed by atoms with Crippen LogP contribution in [0.2, 0.25) is 0 Å². The van der Waals surface area contributed by atoms with E-state index in [0.717, 1.165) is 18.4 Å². The van der Waals surface area contributed by atoms with Gasteiger partial charge in [-0.3, -0.25) is 9.59 Å². The summed E-state index contributed by atoms with van der Waals surface area (Å²) >= 11 is 0. The van der Waals surface area contributed by atoms with Crippen LogP contribution in [-0.2, 0) is 16.0 Å². The lowest BCUT2D eigenvalue weighted by atomic mass is 9.73. The lowest BCUT2D eigenvalue weighted by Crippen LogP contribution is -2.37. The van der Waals surface area contributed by atoms with Crippen molar-refractivity contribution in [1.82, 2.24) is 4.98 Å². The molecule has 1 saturated heterocycles. The van der Waals surface area contributed by atoms with Crippen LogP contribution in [0.1, 0.15) is 24.8 Å². The molecule has 2 amide bonds. The van der Waals surface area contributed by atoms with Crippen molar-refractivity contribution in [2.24, 2.45) is 17.3 Å². The molecular weight excluding hydrogens is 378 g/mol. The van der Waals surface area contributed by atoms with Gasteiger partial charge in [0.25, 0.3) is 0 Å². The van der Waals surface area contributed by atoms with Gasteiger partial charge in [0.1, 0.15) is 11.2 Å². The molecule has 1 aromatic heterocycles. The van der Waals surface area contributed by atoms with Gasteiger partial charge in [0.2, 0.25) is 11.8 Å². The van der Waals surface area contributed by atoms with Crippen LogP contribution >= 0.6 is 0 Å². The van der Waals surface area contributed by atoms with Crippen molar-refractivity contribution in [3.63, 3.8) is 0 Å². The molecule has 4 rings (SSSR count). The molecule has 2 heterocycles. The molecule has 7 heteroatoms. The molecule has 150 valence electrons. The highest BCUT2D eigenvalue weighted by atomic mass is 16.2. The Balaban J connectivity index is 1.54. The molecule has 0 radical (unpaired) electrons. The van der Waals surface area contributed by atoms with Gasteiger partial charge in [-0.2, -0.15) is 10.5 Å². The van der Waals surface area contributed by atoms with Crippen LogP contribution in [0.15, 0.2) is 48.7 Å². The second-order valence-electron chi connectivity index (χ2n) is 7.84. The number of pyridine rings is 1. The minimum Gasteiger partial charge on any atom is -0.310 e. The first kappa shape index (κ1) is 19.6. The molecule has 1 N–H and O–H groups in total. The minimum atomic E-state index is -1.13. The summed E-state index contributed by atoms with van der Waals surface area (Å²) < 4.78 is 0. The molecule has 2 atom stereocenters. The van der Waals surface area contributed by atoms with Gasteiger partial charge in [-0.25, -0.2) is 4.98 Å². The fourth-order valence-electron chi connectivity index (χ4n) is 4.30. The van der Waals surface area contributed by atoms with E-state index in [-0.39, 0.29) is 36.5 Å². The Morgan fingerprint density at radius 2 is 2.00 bits per heavy atom. The monoisotopic (exact) mass is 399 g/mol. The number of hydrogen-bond acceptors (Lipinski definition) is 5. The van der Waals surface area contributed by atoms with Gasteiger partial charge in [-0.15, -0.1) is 0 Å². The molecule has 0 bridgehead atoms. The van der Waals surface area contributed by atoms with Crippen molar-refractivity contribution in [2.75, 3.05) is 16.8 Å². The average molecular weight is 399 g/mol. The molecule has 1 aromatic carbocycles. The van der Waals surface area contributed by atoms with Gasteiger partial charge >= 0.3 is 0 Å². The number of amides is 2. The summed E-state index contributed by atoms with van der Waals surface area (Å²) in [5.41, 5.74) is 0.338. The third kappa shape index (κ3) is 3.51. The fraction of sp³-hybridized carbons (Fsp3) is 0.348. The van der Waals surface area contributed by atoms with Gasteiger partial charge in [0, 0.05) is 36.8 Å². The molecule has 2 fully saturated rings. The molecule has 1 saturated carbocycles. The van der Waals surface area contributed by atoms with Crippen LogP contribution in [0.4, 0.5) is 11.5 Å². The Labute approximate surface area is 174 Å². The first-order chi connectivity index (χ1) is 14.6. The van der Waals surface area contributed by atoms with Crippen molar-refractivity contribution < 1.29 is 9.59 Å². The van der Waals surface area contributed by atoms with E-state index in [1.165, 1.54) is 6.20 Å². The van der Waals surface area contributed by atoms with E-state index in [1.54, 1.807) is 17.0 Å². The smallest absolute Gasteiger partial charge is 0.248 e. The number of anilines is 2. The maximum Gasteiger partial charge on any atom is 0.248 e. The largest absolute Gasteiger partial charge is 0.310 e. The van der Waals surface area contributed by atoms with E-state index in [2.05, 4.69) is 22.4 Å². The first-order valence-electron chi connectivity index (χ1n) is 9.98. The molecule has 1 aliphatic carbocycles. The molecule has 2 unspecified atom stereocenters. The topological polar surface area (TPSA) is 110 Å². The van der Waals surface area contributed by atoms with Crippen molar-refractivity contribution >= 4 is 23.3 Å². The Morgan fingerprint density at radius 3 is 2.67 bits per heavy atom. The highest BCUT2D eigenvalue weighted by molar-refractivity contribution is 6.03. The quantitative estimate of drug-likeness (QED) is 0.803. The van der Waals surface area contributed by atoms with Gasteiger partial charge < -0.3 is 10.2 Å². The summed E-state index contributed by atoms with van der Waals surface area (Å²) in [4.78, 5) is 31.4. The molecule has 2 aromatic rings. The summed E-state index contributed by atoms with van der Waals surface area (Å²) in [7, 11) is 0. The molecule has 7 nitrogen and oxygen atoms in total. The Morgan fingerprint density at radius 1 is 1.23 bits per heavy atom. The SMILES string of the molecule is N#CCC1CN(c2ccnc(NC(=O)Cc3ccccc3)c2)C(=O)C1(C#N)C1CC1. The molecule has 30 heavy (non-hydrogen) atoms. The number of carbonyl (C=O) groups excluding carboxylic acids is 2. The van der Waals surface area contributed by atoms with Crippen LogP contribution in [0.3, 0.4) is 0 Å². The Kier molecular flexibility index (Phi) is 5.20. The highest BCUT2D eigenvalue weighted by Crippen LogP contribution is 2.55. The van der Waals surface area contributed by atoms with Gasteiger partial charge in [-0.1, -0.05) is 30.3 Å². The number of rotatable bonds is 6. The summed E-state index contributed by atoms with van der Waals surface area (Å²) in [5, 5.41) is 21.9. The fourth-order valence-corrected chi connectivity index (χ4v) is 4.30. The summed E-state index contributed by atoms with van der Waals surface area (Å²) in [6, 6.07) is 17.1. The maximum atomic E-state index is 13.3. The van der Waals surface area contributed by atoms with Gasteiger partial charge in [0.05, 0.1) is 18.6 Å². The van der Waals surface area contributed by atoms with E-state index in [1.807, 2.05) is 30.3 Å². The molecule has 2 aliphatic rings. The molecule has 1 aliphatic heterocycles. The van der Waals surface area contributed by atoms with E-state index >= 15 is 0 Å². The number of aromatic nitrogens is 1. The highest BCUT2D eigenvalue weighted by Gasteiger charge is 2.62. The predicted octanol–water partition coefficient (Wildman–Crippen LogP) is 3.06. The number of carbonyl (C=O) groups is 2. The standard InChI is InChI=1S/C23H21N5O2/c24-10-8-18-14-28(22(30)23(18,15-25)17-6-7-17)19-9-11-26-20(13-19)27-21(29)12-16-4-2-1-3-5-16/h1-5,9,11,13,17-18H,6-8,12,14H2,(H,26,27,29). The van der Waals surface area contributed by atoms with Crippen molar-refractivity contribution in [3.8, 4) is 12.1 Å². The molecule has 0 spiro atoms. The maximum absolute atomic E-state index is 13.3. The van der Waals surface area contributed by atoms with E-state index in [9.17, 15) is 20.1 Å². The zero-order valence-corrected chi connectivity index (χ0v) is 16.4. The number of nitriles is 2. The van der Waals surface area contributed by atoms with Crippen LogP contribution in [0.25, 0.3) is 0 Å². The van der Waals surface area contributed by atoms with Crippen LogP contribution in [0.5, 0.6) is 0 Å².